The number of hydrogen-bond acceptors (Lipinski definition) is 7. The van der Waals surface area contributed by atoms with Crippen molar-refractivity contribution in [3.05, 3.63) is 35.7 Å². The Morgan fingerprint density at radius 3 is 2.74 bits per heavy atom. The summed E-state index contributed by atoms with van der Waals surface area (Å²) in [4.78, 5) is 9.18. The van der Waals surface area contributed by atoms with Crippen LogP contribution in [-0.4, -0.2) is 47.5 Å². The third kappa shape index (κ3) is 4.58. The van der Waals surface area contributed by atoms with Crippen molar-refractivity contribution in [2.75, 3.05) is 20.3 Å². The van der Waals surface area contributed by atoms with Crippen LogP contribution >= 0.6 is 0 Å². The molecule has 0 radical (unpaired) electrons. The maximum absolute atomic E-state index is 10.1. The summed E-state index contributed by atoms with van der Waals surface area (Å²) in [5, 5.41) is 19.7. The van der Waals surface area contributed by atoms with Gasteiger partial charge in [0.2, 0.25) is 0 Å². The Morgan fingerprint density at radius 1 is 1.30 bits per heavy atom. The Kier molecular flexibility index (Phi) is 6.31. The fraction of sp³-hybridized carbons (Fsp3) is 0.474. The van der Waals surface area contributed by atoms with Crippen molar-refractivity contribution in [1.82, 2.24) is 9.97 Å². The van der Waals surface area contributed by atoms with E-state index in [-0.39, 0.29) is 5.92 Å². The molecule has 2 atom stereocenters. The van der Waals surface area contributed by atoms with E-state index >= 15 is 0 Å². The molecule has 1 aliphatic heterocycles. The average Bonchev–Trinajstić information content (AvgIpc) is 3.12. The Balaban J connectivity index is 2.01. The number of methoxy groups -OCH3 is 1. The minimum Gasteiger partial charge on any atom is -0.493 e. The van der Waals surface area contributed by atoms with Crippen LogP contribution in [-0.2, 0) is 4.65 Å². The summed E-state index contributed by atoms with van der Waals surface area (Å²) in [6.07, 6.45) is 0.630. The molecule has 3 rings (SSSR count). The Labute approximate surface area is 159 Å². The summed E-state index contributed by atoms with van der Waals surface area (Å²) < 4.78 is 16.4. The van der Waals surface area contributed by atoms with Crippen LogP contribution in [0.4, 0.5) is 0 Å². The largest absolute Gasteiger partial charge is 0.493 e. The van der Waals surface area contributed by atoms with Gasteiger partial charge in [0.1, 0.15) is 0 Å². The zero-order valence-corrected chi connectivity index (χ0v) is 15.9. The highest BCUT2D eigenvalue weighted by atomic mass is 16.5. The van der Waals surface area contributed by atoms with Gasteiger partial charge in [-0.1, -0.05) is 6.92 Å². The molecule has 1 aromatic heterocycles. The number of benzene rings is 1. The second kappa shape index (κ2) is 8.69. The van der Waals surface area contributed by atoms with Gasteiger partial charge < -0.3 is 24.3 Å². The first-order valence-electron chi connectivity index (χ1n) is 9.19. The number of nitrogens with zero attached hydrogens (tertiary/aromatic N) is 2. The van der Waals surface area contributed by atoms with Gasteiger partial charge in [-0.3, -0.25) is 0 Å². The molecular weight excluding hydrogens is 347 g/mol. The van der Waals surface area contributed by atoms with Crippen LogP contribution < -0.4 is 9.47 Å². The second-order valence-electron chi connectivity index (χ2n) is 6.65. The predicted octanol–water partition coefficient (Wildman–Crippen LogP) is 2.59. The number of rotatable bonds is 7. The van der Waals surface area contributed by atoms with E-state index < -0.39 is 13.2 Å². The first-order chi connectivity index (χ1) is 13.0. The van der Waals surface area contributed by atoms with Gasteiger partial charge in [-0.25, -0.2) is 9.97 Å². The lowest BCUT2D eigenvalue weighted by atomic mass is 9.81. The molecule has 1 fully saturated rings. The summed E-state index contributed by atoms with van der Waals surface area (Å²) in [7, 11) is 0.820. The predicted molar refractivity (Wildman–Crippen MR) is 102 cm³/mol. The summed E-state index contributed by atoms with van der Waals surface area (Å²) in [6.45, 7) is 4.68. The van der Waals surface area contributed by atoms with Gasteiger partial charge in [-0.2, -0.15) is 0 Å². The minimum absolute atomic E-state index is 0.0340. The van der Waals surface area contributed by atoms with Crippen molar-refractivity contribution < 1.29 is 24.3 Å². The molecule has 0 saturated carbocycles. The molecule has 144 valence electrons. The third-order valence-corrected chi connectivity index (χ3v) is 4.47. The van der Waals surface area contributed by atoms with Gasteiger partial charge >= 0.3 is 7.12 Å². The van der Waals surface area contributed by atoms with Crippen molar-refractivity contribution in [2.45, 2.75) is 38.6 Å². The van der Waals surface area contributed by atoms with Gasteiger partial charge in [0.25, 0.3) is 0 Å². The number of hydrogen-bond donors (Lipinski definition) is 2. The Bertz CT molecular complexity index is 787. The van der Waals surface area contributed by atoms with E-state index in [1.54, 1.807) is 20.1 Å². The minimum atomic E-state index is -0.779. The lowest BCUT2D eigenvalue weighted by Gasteiger charge is -2.15. The third-order valence-electron chi connectivity index (χ3n) is 4.47. The molecule has 0 aliphatic carbocycles. The molecule has 2 heterocycles. The molecule has 0 bridgehead atoms. The normalized spacial score (nSPS) is 17.8. The van der Waals surface area contributed by atoms with Gasteiger partial charge in [0.15, 0.2) is 17.3 Å². The second-order valence-corrected chi connectivity index (χ2v) is 6.65. The smallest absolute Gasteiger partial charge is 0.454 e. The van der Waals surface area contributed by atoms with Gasteiger partial charge in [0, 0.05) is 23.8 Å². The quantitative estimate of drug-likeness (QED) is 0.722. The summed E-state index contributed by atoms with van der Waals surface area (Å²) in [5.74, 6) is 1.73. The number of aliphatic hydroxyl groups is 1. The average molecular weight is 372 g/mol. The molecular formula is C19H25BN2O5. The highest BCUT2D eigenvalue weighted by molar-refractivity contribution is 6.43. The van der Waals surface area contributed by atoms with Gasteiger partial charge in [0.05, 0.1) is 25.5 Å². The maximum atomic E-state index is 10.1. The topological polar surface area (TPSA) is 93.9 Å². The highest BCUT2D eigenvalue weighted by Gasteiger charge is 2.31. The number of ether oxygens (including phenoxy) is 2. The molecule has 8 heteroatoms. The van der Waals surface area contributed by atoms with Crippen LogP contribution in [0.5, 0.6) is 11.5 Å². The van der Waals surface area contributed by atoms with E-state index in [0.717, 1.165) is 17.7 Å². The lowest BCUT2D eigenvalue weighted by Crippen LogP contribution is -2.09. The number of aliphatic hydroxyl groups excluding tert-OH is 1. The first kappa shape index (κ1) is 19.6. The fourth-order valence-electron chi connectivity index (χ4n) is 2.99. The van der Waals surface area contributed by atoms with Crippen LogP contribution in [0.3, 0.4) is 0 Å². The maximum Gasteiger partial charge on any atom is 0.454 e. The molecule has 1 unspecified atom stereocenters. The van der Waals surface area contributed by atoms with E-state index in [4.69, 9.17) is 14.1 Å². The Morgan fingerprint density at radius 2 is 2.11 bits per heavy atom. The van der Waals surface area contributed by atoms with Gasteiger partial charge in [-0.05, 0) is 43.9 Å². The van der Waals surface area contributed by atoms with E-state index in [1.807, 2.05) is 25.1 Å². The molecule has 1 aromatic carbocycles. The first-order valence-corrected chi connectivity index (χ1v) is 9.19. The van der Waals surface area contributed by atoms with Crippen molar-refractivity contribution >= 4 is 7.12 Å². The lowest BCUT2D eigenvalue weighted by molar-refractivity contribution is 0.194. The van der Waals surface area contributed by atoms with Crippen LogP contribution in [0, 0.1) is 0 Å². The molecule has 2 N–H and O–H groups in total. The van der Waals surface area contributed by atoms with Crippen LogP contribution in [0.2, 0.25) is 6.32 Å². The number of aromatic nitrogens is 2. The van der Waals surface area contributed by atoms with E-state index in [1.165, 1.54) is 0 Å². The van der Waals surface area contributed by atoms with Crippen molar-refractivity contribution in [2.24, 2.45) is 0 Å². The molecule has 2 aromatic rings. The molecule has 7 nitrogen and oxygen atoms in total. The fourth-order valence-corrected chi connectivity index (χ4v) is 2.99. The molecule has 0 amide bonds. The van der Waals surface area contributed by atoms with Crippen LogP contribution in [0.1, 0.15) is 43.7 Å². The zero-order valence-electron chi connectivity index (χ0n) is 15.9. The van der Waals surface area contributed by atoms with Crippen LogP contribution in [0.15, 0.2) is 24.3 Å². The zero-order chi connectivity index (χ0) is 19.4. The summed E-state index contributed by atoms with van der Waals surface area (Å²) >= 11 is 0. The summed E-state index contributed by atoms with van der Waals surface area (Å²) in [5.41, 5.74) is 2.05. The molecule has 0 spiro atoms. The monoisotopic (exact) mass is 372 g/mol. The molecule has 27 heavy (non-hydrogen) atoms. The molecule has 1 aliphatic rings. The van der Waals surface area contributed by atoms with Crippen molar-refractivity contribution in [3.63, 3.8) is 0 Å². The van der Waals surface area contributed by atoms with E-state index in [2.05, 4.69) is 9.97 Å². The SMILES string of the molecule is CCCOc1cc(-c2nc(C3COB(O)C3)cc([C@H](C)O)n2)ccc1OC. The van der Waals surface area contributed by atoms with E-state index in [0.29, 0.717) is 42.6 Å². The molecule has 1 saturated heterocycles. The Hall–Kier alpha value is -2.16. The highest BCUT2D eigenvalue weighted by Crippen LogP contribution is 2.34. The van der Waals surface area contributed by atoms with Crippen molar-refractivity contribution in [1.29, 1.82) is 0 Å². The van der Waals surface area contributed by atoms with E-state index in [9.17, 15) is 10.1 Å². The summed E-state index contributed by atoms with van der Waals surface area (Å²) in [6, 6.07) is 7.31. The van der Waals surface area contributed by atoms with Gasteiger partial charge in [-0.15, -0.1) is 0 Å². The van der Waals surface area contributed by atoms with Crippen LogP contribution in [0.25, 0.3) is 11.4 Å². The standard InChI is InChI=1S/C19H25BN2O5/c1-4-7-26-18-8-13(5-6-17(18)25-3)19-21-15(12(2)23)9-16(22-19)14-10-20(24)27-11-14/h5-6,8-9,12,14,23-24H,4,7,10-11H2,1-3H3/t12-,14?/m0/s1. The van der Waals surface area contributed by atoms with Crippen molar-refractivity contribution in [3.8, 4) is 22.9 Å².